The maximum Gasteiger partial charge on any atom is 0.271 e. The third-order valence-electron chi connectivity index (χ3n) is 3.96. The number of nitrogens with one attached hydrogen (secondary N) is 1. The van der Waals surface area contributed by atoms with E-state index in [4.69, 9.17) is 0 Å². The first-order valence-electron chi connectivity index (χ1n) is 7.26. The number of likely N-dealkylation sites (tertiary alicyclic amines) is 1. The van der Waals surface area contributed by atoms with E-state index in [0.29, 0.717) is 5.69 Å². The molecule has 2 N–H and O–H groups in total. The van der Waals surface area contributed by atoms with Gasteiger partial charge in [-0.2, -0.15) is 0 Å². The fourth-order valence-electron chi connectivity index (χ4n) is 2.71. The molecule has 1 heterocycles. The molecule has 0 radical (unpaired) electrons. The lowest BCUT2D eigenvalue weighted by Crippen LogP contribution is -2.32. The third-order valence-corrected chi connectivity index (χ3v) is 3.96. The Hall–Kier alpha value is -2.14. The summed E-state index contributed by atoms with van der Waals surface area (Å²) in [5.74, 6) is -0.475. The highest BCUT2D eigenvalue weighted by Crippen LogP contribution is 2.22. The van der Waals surface area contributed by atoms with Crippen LogP contribution >= 0.6 is 0 Å². The second-order valence-electron chi connectivity index (χ2n) is 5.54. The predicted octanol–water partition coefficient (Wildman–Crippen LogP) is 1.72. The molecule has 21 heavy (non-hydrogen) atoms. The normalized spacial score (nSPS) is 16.2. The molecule has 2 aromatic rings. The average molecular weight is 286 g/mol. The van der Waals surface area contributed by atoms with E-state index in [-0.39, 0.29) is 5.69 Å². The van der Waals surface area contributed by atoms with Gasteiger partial charge in [0.05, 0.1) is 0 Å². The van der Waals surface area contributed by atoms with Crippen molar-refractivity contribution in [3.8, 4) is 5.75 Å². The summed E-state index contributed by atoms with van der Waals surface area (Å²) >= 11 is 0. The SMILES string of the molecule is O=c1c(O)c(Nc2ccc(CN3CCCCC3)cc2)c1=O. The number of nitrogens with zero attached hydrogens (tertiary/aromatic N) is 1. The standard InChI is InChI=1S/C16H18N2O3/c19-14-13(15(20)16(14)21)17-12-6-4-11(5-7-12)10-18-8-2-1-3-9-18/h4-7,17,19H,1-3,8-10H2. The Morgan fingerprint density at radius 2 is 1.67 bits per heavy atom. The Morgan fingerprint density at radius 3 is 2.29 bits per heavy atom. The molecule has 0 aliphatic carbocycles. The number of rotatable bonds is 4. The van der Waals surface area contributed by atoms with Crippen molar-refractivity contribution in [1.29, 1.82) is 0 Å². The highest BCUT2D eigenvalue weighted by molar-refractivity contribution is 5.69. The fourth-order valence-corrected chi connectivity index (χ4v) is 2.71. The highest BCUT2D eigenvalue weighted by Gasteiger charge is 2.19. The lowest BCUT2D eigenvalue weighted by molar-refractivity contribution is 0.221. The maximum absolute atomic E-state index is 11.3. The summed E-state index contributed by atoms with van der Waals surface area (Å²) in [4.78, 5) is 24.6. The molecule has 5 nitrogen and oxygen atoms in total. The lowest BCUT2D eigenvalue weighted by atomic mass is 10.1. The van der Waals surface area contributed by atoms with Gasteiger partial charge >= 0.3 is 0 Å². The molecule has 2 aromatic carbocycles. The van der Waals surface area contributed by atoms with E-state index in [0.717, 1.165) is 19.6 Å². The van der Waals surface area contributed by atoms with Gasteiger partial charge in [-0.05, 0) is 43.6 Å². The number of hydrogen-bond acceptors (Lipinski definition) is 5. The van der Waals surface area contributed by atoms with Gasteiger partial charge in [-0.25, -0.2) is 0 Å². The molecular weight excluding hydrogens is 268 g/mol. The average Bonchev–Trinajstić information content (AvgIpc) is 2.54. The molecular formula is C16H18N2O3. The number of aromatic hydroxyl groups is 1. The van der Waals surface area contributed by atoms with Crippen molar-refractivity contribution in [3.63, 3.8) is 0 Å². The first kappa shape index (κ1) is 13.8. The smallest absolute Gasteiger partial charge is 0.271 e. The molecule has 110 valence electrons. The van der Waals surface area contributed by atoms with Crippen LogP contribution in [0.4, 0.5) is 11.4 Å². The number of hydrogen-bond donors (Lipinski definition) is 2. The minimum Gasteiger partial charge on any atom is -0.502 e. The van der Waals surface area contributed by atoms with E-state index in [1.807, 2.05) is 24.3 Å². The van der Waals surface area contributed by atoms with Crippen molar-refractivity contribution < 1.29 is 5.11 Å². The van der Waals surface area contributed by atoms with Crippen molar-refractivity contribution in [3.05, 3.63) is 50.3 Å². The maximum atomic E-state index is 11.3. The fraction of sp³-hybridized carbons (Fsp3) is 0.375. The van der Waals surface area contributed by atoms with E-state index < -0.39 is 16.6 Å². The molecule has 0 aromatic heterocycles. The van der Waals surface area contributed by atoms with Gasteiger partial charge in [0.1, 0.15) is 5.69 Å². The Bertz CT molecular complexity index is 693. The van der Waals surface area contributed by atoms with Crippen LogP contribution in [0.5, 0.6) is 5.75 Å². The summed E-state index contributed by atoms with van der Waals surface area (Å²) in [6.45, 7) is 3.24. The van der Waals surface area contributed by atoms with Gasteiger partial charge in [0.2, 0.25) is 0 Å². The molecule has 0 saturated carbocycles. The molecule has 0 amide bonds. The molecule has 0 atom stereocenters. The van der Waals surface area contributed by atoms with Crippen molar-refractivity contribution in [2.45, 2.75) is 25.8 Å². The third kappa shape index (κ3) is 2.83. The van der Waals surface area contributed by atoms with Crippen molar-refractivity contribution in [2.24, 2.45) is 0 Å². The molecule has 1 aliphatic rings. The van der Waals surface area contributed by atoms with Gasteiger partial charge in [0.25, 0.3) is 10.9 Å². The lowest BCUT2D eigenvalue weighted by Gasteiger charge is -2.26. The molecule has 1 fully saturated rings. The van der Waals surface area contributed by atoms with Crippen molar-refractivity contribution >= 4 is 11.4 Å². The van der Waals surface area contributed by atoms with Crippen LogP contribution in [-0.2, 0) is 6.54 Å². The summed E-state index contributed by atoms with van der Waals surface area (Å²) in [6, 6.07) is 7.71. The second-order valence-corrected chi connectivity index (χ2v) is 5.54. The van der Waals surface area contributed by atoms with Crippen LogP contribution in [0.1, 0.15) is 24.8 Å². The summed E-state index contributed by atoms with van der Waals surface area (Å²) in [5, 5.41) is 12.1. The van der Waals surface area contributed by atoms with Crippen LogP contribution < -0.4 is 16.2 Å². The van der Waals surface area contributed by atoms with E-state index in [2.05, 4.69) is 10.2 Å². The number of piperidine rings is 1. The first-order chi connectivity index (χ1) is 10.1. The van der Waals surface area contributed by atoms with Crippen LogP contribution in [0.2, 0.25) is 0 Å². The van der Waals surface area contributed by atoms with Gasteiger partial charge in [-0.3, -0.25) is 14.5 Å². The topological polar surface area (TPSA) is 69.6 Å². The van der Waals surface area contributed by atoms with Gasteiger partial charge in [0, 0.05) is 12.2 Å². The molecule has 0 spiro atoms. The van der Waals surface area contributed by atoms with Crippen LogP contribution in [0, 0.1) is 0 Å². The Kier molecular flexibility index (Phi) is 3.75. The van der Waals surface area contributed by atoms with Gasteiger partial charge < -0.3 is 10.4 Å². The summed E-state index contributed by atoms with van der Waals surface area (Å²) in [6.07, 6.45) is 3.86. The quantitative estimate of drug-likeness (QED) is 0.838. The summed E-state index contributed by atoms with van der Waals surface area (Å²) < 4.78 is 0. The van der Waals surface area contributed by atoms with Gasteiger partial charge in [-0.1, -0.05) is 18.6 Å². The molecule has 3 rings (SSSR count). The highest BCUT2D eigenvalue weighted by atomic mass is 16.3. The van der Waals surface area contributed by atoms with Crippen LogP contribution in [0.3, 0.4) is 0 Å². The van der Waals surface area contributed by atoms with Gasteiger partial charge in [0.15, 0.2) is 5.75 Å². The van der Waals surface area contributed by atoms with Crippen LogP contribution in [0.15, 0.2) is 33.9 Å². The number of anilines is 2. The monoisotopic (exact) mass is 286 g/mol. The number of benzene rings is 1. The van der Waals surface area contributed by atoms with E-state index >= 15 is 0 Å². The molecule has 0 bridgehead atoms. The minimum atomic E-state index is -0.820. The predicted molar refractivity (Wildman–Crippen MR) is 81.9 cm³/mol. The second kappa shape index (κ2) is 5.69. The molecule has 0 unspecified atom stereocenters. The zero-order chi connectivity index (χ0) is 14.8. The van der Waals surface area contributed by atoms with Crippen LogP contribution in [0.25, 0.3) is 0 Å². The van der Waals surface area contributed by atoms with Gasteiger partial charge in [-0.15, -0.1) is 0 Å². The minimum absolute atomic E-state index is 0.0104. The van der Waals surface area contributed by atoms with Crippen molar-refractivity contribution in [2.75, 3.05) is 18.4 Å². The van der Waals surface area contributed by atoms with Crippen molar-refractivity contribution in [1.82, 2.24) is 4.90 Å². The Labute approximate surface area is 122 Å². The summed E-state index contributed by atoms with van der Waals surface area (Å²) in [7, 11) is 0. The largest absolute Gasteiger partial charge is 0.502 e. The van der Waals surface area contributed by atoms with Crippen LogP contribution in [-0.4, -0.2) is 23.1 Å². The van der Waals surface area contributed by atoms with E-state index in [1.165, 1.54) is 24.8 Å². The molecule has 1 aliphatic heterocycles. The van der Waals surface area contributed by atoms with E-state index in [9.17, 15) is 14.7 Å². The summed E-state index contributed by atoms with van der Waals surface area (Å²) in [5.41, 5.74) is 0.421. The molecule has 1 saturated heterocycles. The Balaban J connectivity index is 1.64. The zero-order valence-corrected chi connectivity index (χ0v) is 11.8. The Morgan fingerprint density at radius 1 is 1.00 bits per heavy atom. The first-order valence-corrected chi connectivity index (χ1v) is 7.26. The zero-order valence-electron chi connectivity index (χ0n) is 11.8. The molecule has 5 heteroatoms. The van der Waals surface area contributed by atoms with E-state index in [1.54, 1.807) is 0 Å².